The van der Waals surface area contributed by atoms with Crippen LogP contribution >= 0.6 is 15.9 Å². The smallest absolute Gasteiger partial charge is 0.221 e. The number of methoxy groups -OCH3 is 4. The number of fused-ring (bicyclic) bond motifs is 3. The molecule has 2 aromatic carbocycles. The Kier molecular flexibility index (Phi) is 5.39. The molecule has 0 bridgehead atoms. The molecule has 1 aliphatic carbocycles. The third kappa shape index (κ3) is 3.84. The molecule has 1 aliphatic rings. The highest BCUT2D eigenvalue weighted by molar-refractivity contribution is 9.10. The van der Waals surface area contributed by atoms with E-state index in [0.29, 0.717) is 46.8 Å². The van der Waals surface area contributed by atoms with Gasteiger partial charge in [0.15, 0.2) is 17.2 Å². The zero-order valence-corrected chi connectivity index (χ0v) is 18.6. The average Bonchev–Trinajstić information content (AvgIpc) is 2.94. The summed E-state index contributed by atoms with van der Waals surface area (Å²) in [6.07, 6.45) is 1.02. The van der Waals surface area contributed by atoms with Crippen molar-refractivity contribution >= 4 is 21.8 Å². The predicted octanol–water partition coefficient (Wildman–Crippen LogP) is 3.63. The quantitative estimate of drug-likeness (QED) is 0.703. The van der Waals surface area contributed by atoms with E-state index in [0.717, 1.165) is 5.56 Å². The molecule has 1 atom stereocenters. The van der Waals surface area contributed by atoms with Crippen LogP contribution in [0.5, 0.6) is 23.0 Å². The van der Waals surface area contributed by atoms with Crippen LogP contribution in [0.4, 0.5) is 0 Å². The Bertz CT molecular complexity index is 1150. The molecule has 160 valence electrons. The van der Waals surface area contributed by atoms with Crippen molar-refractivity contribution in [2.45, 2.75) is 25.8 Å². The third-order valence-corrected chi connectivity index (χ3v) is 5.64. The third-order valence-electron chi connectivity index (χ3n) is 5.05. The first-order valence-electron chi connectivity index (χ1n) is 10.7. The van der Waals surface area contributed by atoms with Gasteiger partial charge in [0.2, 0.25) is 17.1 Å². The number of rotatable bonds is 5. The monoisotopic (exact) mass is 480 g/mol. The maximum atomic E-state index is 13.0. The molecule has 0 heterocycles. The van der Waals surface area contributed by atoms with E-state index in [1.807, 2.05) is 6.07 Å². The Labute approximate surface area is 187 Å². The van der Waals surface area contributed by atoms with E-state index in [1.54, 1.807) is 6.07 Å². The number of carbonyl (C=O) groups excluding carboxylic acids is 1. The molecule has 0 saturated heterocycles. The van der Waals surface area contributed by atoms with Crippen molar-refractivity contribution < 1.29 is 27.9 Å². The SMILES string of the molecule is [2H]C([2H])([2H])Oc1c(Br)cc2c(cc1=O)[C@@H](NC(C)=O)CCc1cc(OC)c(OC)c(OC)c1-2. The van der Waals surface area contributed by atoms with Crippen molar-refractivity contribution in [2.75, 3.05) is 28.4 Å². The van der Waals surface area contributed by atoms with Gasteiger partial charge in [0.1, 0.15) is 0 Å². The molecule has 0 fully saturated rings. The van der Waals surface area contributed by atoms with Gasteiger partial charge in [-0.25, -0.2) is 0 Å². The van der Waals surface area contributed by atoms with E-state index in [9.17, 15) is 9.59 Å². The maximum Gasteiger partial charge on any atom is 0.221 e. The second kappa shape index (κ2) is 8.95. The molecule has 0 aromatic heterocycles. The van der Waals surface area contributed by atoms with Crippen LogP contribution in [0.1, 0.15) is 34.6 Å². The van der Waals surface area contributed by atoms with Gasteiger partial charge in [0.05, 0.1) is 43.0 Å². The van der Waals surface area contributed by atoms with Crippen molar-refractivity contribution in [3.05, 3.63) is 44.0 Å². The molecular formula is C22H24BrNO6. The zero-order valence-electron chi connectivity index (χ0n) is 20.1. The molecule has 3 rings (SSSR count). The largest absolute Gasteiger partial charge is 0.493 e. The van der Waals surface area contributed by atoms with Crippen molar-refractivity contribution in [3.63, 3.8) is 0 Å². The van der Waals surface area contributed by atoms with Crippen LogP contribution < -0.4 is 29.7 Å². The second-order valence-electron chi connectivity index (χ2n) is 6.77. The van der Waals surface area contributed by atoms with Crippen LogP contribution in [-0.2, 0) is 11.2 Å². The van der Waals surface area contributed by atoms with Crippen molar-refractivity contribution in [2.24, 2.45) is 0 Å². The van der Waals surface area contributed by atoms with Gasteiger partial charge in [0.25, 0.3) is 0 Å². The molecule has 8 heteroatoms. The summed E-state index contributed by atoms with van der Waals surface area (Å²) in [7, 11) is 1.68. The van der Waals surface area contributed by atoms with Gasteiger partial charge in [-0.2, -0.15) is 0 Å². The molecule has 0 spiro atoms. The summed E-state index contributed by atoms with van der Waals surface area (Å²) in [5.74, 6) is 0.608. The highest BCUT2D eigenvalue weighted by Crippen LogP contribution is 2.50. The van der Waals surface area contributed by atoms with E-state index in [4.69, 9.17) is 23.1 Å². The molecule has 1 N–H and O–H groups in total. The van der Waals surface area contributed by atoms with E-state index in [1.165, 1.54) is 34.3 Å². The summed E-state index contributed by atoms with van der Waals surface area (Å²) < 4.78 is 44.2. The minimum Gasteiger partial charge on any atom is -0.493 e. The minimum absolute atomic E-state index is 0.149. The lowest BCUT2D eigenvalue weighted by atomic mass is 9.95. The highest BCUT2D eigenvalue weighted by atomic mass is 79.9. The van der Waals surface area contributed by atoms with Crippen LogP contribution in [0.3, 0.4) is 0 Å². The molecule has 30 heavy (non-hydrogen) atoms. The fourth-order valence-corrected chi connectivity index (χ4v) is 4.34. The van der Waals surface area contributed by atoms with Gasteiger partial charge in [-0.05, 0) is 63.7 Å². The van der Waals surface area contributed by atoms with E-state index < -0.39 is 18.5 Å². The Hall–Kier alpha value is -2.74. The average molecular weight is 481 g/mol. The van der Waals surface area contributed by atoms with Crippen LogP contribution in [0.15, 0.2) is 27.5 Å². The number of hydrogen-bond acceptors (Lipinski definition) is 6. The Balaban J connectivity index is 2.45. The summed E-state index contributed by atoms with van der Waals surface area (Å²) in [5.41, 5.74) is 1.91. The summed E-state index contributed by atoms with van der Waals surface area (Å²) in [6.45, 7) is 1.39. The van der Waals surface area contributed by atoms with Crippen molar-refractivity contribution in [1.29, 1.82) is 0 Å². The molecular weight excluding hydrogens is 454 g/mol. The van der Waals surface area contributed by atoms with Gasteiger partial charge < -0.3 is 24.3 Å². The lowest BCUT2D eigenvalue weighted by Crippen LogP contribution is -2.26. The molecule has 0 aliphatic heterocycles. The van der Waals surface area contributed by atoms with E-state index in [2.05, 4.69) is 21.2 Å². The van der Waals surface area contributed by atoms with Crippen LogP contribution in [0.2, 0.25) is 0 Å². The topological polar surface area (TPSA) is 83.1 Å². The number of carbonyl (C=O) groups is 1. The molecule has 0 radical (unpaired) electrons. The van der Waals surface area contributed by atoms with Crippen LogP contribution in [0, 0.1) is 0 Å². The van der Waals surface area contributed by atoms with Crippen LogP contribution in [0.25, 0.3) is 11.1 Å². The molecule has 0 unspecified atom stereocenters. The van der Waals surface area contributed by atoms with Crippen molar-refractivity contribution in [1.82, 2.24) is 5.32 Å². The standard InChI is InChI=1S/C22H24BrNO6/c1-11(25)24-16-7-6-12-8-18(27-2)21(29-4)22(30-5)19(12)14-9-15(23)20(28-3)17(26)10-13(14)16/h8-10,16H,6-7H2,1-5H3,(H,24,25)/t16-/m0/s1/i3D3. The normalized spacial score (nSPS) is 16.6. The zero-order chi connectivity index (χ0) is 24.5. The lowest BCUT2D eigenvalue weighted by Gasteiger charge is -2.19. The number of hydrogen-bond donors (Lipinski definition) is 1. The predicted molar refractivity (Wildman–Crippen MR) is 117 cm³/mol. The summed E-state index contributed by atoms with van der Waals surface area (Å²) >= 11 is 3.31. The van der Waals surface area contributed by atoms with Gasteiger partial charge in [-0.3, -0.25) is 9.59 Å². The molecule has 2 aromatic rings. The number of nitrogens with one attached hydrogen (secondary N) is 1. The van der Waals surface area contributed by atoms with Crippen LogP contribution in [-0.4, -0.2) is 34.3 Å². The minimum atomic E-state index is -2.82. The summed E-state index contributed by atoms with van der Waals surface area (Å²) in [6, 6.07) is 4.22. The number of ether oxygens (including phenoxy) is 4. The first-order valence-corrected chi connectivity index (χ1v) is 9.96. The Morgan fingerprint density at radius 1 is 1.10 bits per heavy atom. The molecule has 1 amide bonds. The van der Waals surface area contributed by atoms with Gasteiger partial charge >= 0.3 is 0 Å². The van der Waals surface area contributed by atoms with Gasteiger partial charge in [0, 0.05) is 12.5 Å². The summed E-state index contributed by atoms with van der Waals surface area (Å²) in [4.78, 5) is 25.0. The van der Waals surface area contributed by atoms with Crippen molar-refractivity contribution in [3.8, 4) is 34.1 Å². The lowest BCUT2D eigenvalue weighted by molar-refractivity contribution is -0.119. The maximum absolute atomic E-state index is 13.0. The van der Waals surface area contributed by atoms with Gasteiger partial charge in [-0.1, -0.05) is 0 Å². The number of aryl methyl sites for hydroxylation is 1. The second-order valence-corrected chi connectivity index (χ2v) is 7.63. The first-order chi connectivity index (χ1) is 15.5. The molecule has 0 saturated carbocycles. The highest BCUT2D eigenvalue weighted by Gasteiger charge is 2.30. The van der Waals surface area contributed by atoms with Gasteiger partial charge in [-0.15, -0.1) is 0 Å². The number of amides is 1. The molecule has 7 nitrogen and oxygen atoms in total. The number of benzene rings is 1. The Morgan fingerprint density at radius 3 is 2.43 bits per heavy atom. The fraction of sp³-hybridized carbons (Fsp3) is 0.364. The Morgan fingerprint density at radius 2 is 1.83 bits per heavy atom. The van der Waals surface area contributed by atoms with E-state index in [-0.39, 0.29) is 16.1 Å². The number of halogens is 1. The first kappa shape index (κ1) is 18.1. The summed E-state index contributed by atoms with van der Waals surface area (Å²) in [5, 5.41) is 2.89. The fourth-order valence-electron chi connectivity index (χ4n) is 3.83. The van der Waals surface area contributed by atoms with E-state index >= 15 is 0 Å².